The van der Waals surface area contributed by atoms with Gasteiger partial charge in [0.25, 0.3) is 0 Å². The van der Waals surface area contributed by atoms with E-state index in [0.29, 0.717) is 0 Å². The van der Waals surface area contributed by atoms with Crippen molar-refractivity contribution in [3.05, 3.63) is 17.1 Å². The first-order valence-electron chi connectivity index (χ1n) is 5.04. The lowest BCUT2D eigenvalue weighted by Gasteiger charge is -2.07. The van der Waals surface area contributed by atoms with E-state index >= 15 is 0 Å². The third kappa shape index (κ3) is 1.28. The molecule has 0 aliphatic rings. The monoisotopic (exact) mass is 207 g/mol. The second-order valence-electron chi connectivity index (χ2n) is 3.84. The van der Waals surface area contributed by atoms with Crippen LogP contribution in [0, 0.1) is 20.8 Å². The van der Waals surface area contributed by atoms with E-state index in [1.807, 2.05) is 27.9 Å². The molecule has 0 radical (unpaired) electrons. The Labute approximate surface area is 90.8 Å². The molecule has 0 aliphatic carbocycles. The molecule has 0 atom stereocenters. The molecule has 2 aromatic rings. The van der Waals surface area contributed by atoms with E-state index in [9.17, 15) is 0 Å². The Hall–Kier alpha value is -1.58. The van der Waals surface area contributed by atoms with Gasteiger partial charge in [-0.05, 0) is 26.3 Å². The minimum absolute atomic E-state index is 0. The minimum atomic E-state index is 0. The summed E-state index contributed by atoms with van der Waals surface area (Å²) >= 11 is 0. The summed E-state index contributed by atoms with van der Waals surface area (Å²) in [6.45, 7) is 6.12. The third-order valence-electron chi connectivity index (χ3n) is 2.96. The van der Waals surface area contributed by atoms with Gasteiger partial charge in [0, 0.05) is 21.2 Å². The van der Waals surface area contributed by atoms with E-state index in [1.165, 1.54) is 11.1 Å². The van der Waals surface area contributed by atoms with Crippen molar-refractivity contribution in [2.24, 2.45) is 7.05 Å². The van der Waals surface area contributed by atoms with Crippen LogP contribution in [-0.4, -0.2) is 21.6 Å². The highest BCUT2D eigenvalue weighted by atomic mass is 15.1. The lowest BCUT2D eigenvalue weighted by atomic mass is 10.2. The zero-order chi connectivity index (χ0) is 11.2. The van der Waals surface area contributed by atoms with Crippen molar-refractivity contribution in [1.82, 2.24) is 14.5 Å². The summed E-state index contributed by atoms with van der Waals surface area (Å²) < 4.78 is 2.11. The molecule has 15 heavy (non-hydrogen) atoms. The van der Waals surface area contributed by atoms with Crippen molar-refractivity contribution in [1.29, 1.82) is 0 Å². The van der Waals surface area contributed by atoms with Gasteiger partial charge in [-0.2, -0.15) is 0 Å². The minimum Gasteiger partial charge on any atom is -0.371 e. The first-order chi connectivity index (χ1) is 7.06. The van der Waals surface area contributed by atoms with Crippen LogP contribution in [0.2, 0.25) is 0 Å². The van der Waals surface area contributed by atoms with Gasteiger partial charge < -0.3 is 9.88 Å². The molecule has 0 amide bonds. The van der Waals surface area contributed by atoms with E-state index in [0.717, 1.165) is 22.9 Å². The van der Waals surface area contributed by atoms with Gasteiger partial charge in [0.15, 0.2) is 5.82 Å². The molecule has 0 spiro atoms. The molecule has 82 valence electrons. The smallest absolute Gasteiger partial charge is 0.154 e. The summed E-state index contributed by atoms with van der Waals surface area (Å²) in [6, 6.07) is 0. The Balaban J connectivity index is 0.00000128. The fourth-order valence-electron chi connectivity index (χ4n) is 1.85. The van der Waals surface area contributed by atoms with Crippen LogP contribution in [0.5, 0.6) is 0 Å². The van der Waals surface area contributed by atoms with Crippen molar-refractivity contribution < 1.29 is 1.43 Å². The second kappa shape index (κ2) is 3.22. The van der Waals surface area contributed by atoms with E-state index in [4.69, 9.17) is 0 Å². The van der Waals surface area contributed by atoms with Crippen molar-refractivity contribution >= 4 is 16.9 Å². The predicted molar refractivity (Wildman–Crippen MR) is 64.4 cm³/mol. The quantitative estimate of drug-likeness (QED) is 0.779. The molecule has 2 rings (SSSR count). The summed E-state index contributed by atoms with van der Waals surface area (Å²) in [5.41, 5.74) is 4.38. The van der Waals surface area contributed by atoms with Crippen LogP contribution in [0.1, 0.15) is 18.5 Å². The Morgan fingerprint density at radius 1 is 1.20 bits per heavy atom. The highest BCUT2D eigenvalue weighted by Gasteiger charge is 2.13. The van der Waals surface area contributed by atoms with Crippen LogP contribution >= 0.6 is 0 Å². The maximum Gasteiger partial charge on any atom is 0.154 e. The van der Waals surface area contributed by atoms with Crippen LogP contribution in [0.3, 0.4) is 0 Å². The number of hydrogen-bond donors (Lipinski definition) is 1. The third-order valence-corrected chi connectivity index (χ3v) is 2.96. The summed E-state index contributed by atoms with van der Waals surface area (Å²) in [7, 11) is 3.91. The SMILES string of the molecule is CNc1nc(C)c(C)c2c1nc(C)n2C.[2HH]. The fourth-order valence-corrected chi connectivity index (χ4v) is 1.85. The average Bonchev–Trinajstić information content (AvgIpc) is 2.50. The Morgan fingerprint density at radius 3 is 2.47 bits per heavy atom. The standard InChI is InChI=1S/C11H16N4.H2/c1-6-7(2)13-11(12-4)9-10(6)15(5)8(3)14-9;/h1-5H3,(H,12,13);1H/i;1+1. The summed E-state index contributed by atoms with van der Waals surface area (Å²) in [6.07, 6.45) is 0. The molecule has 0 fully saturated rings. The van der Waals surface area contributed by atoms with Gasteiger partial charge >= 0.3 is 0 Å². The number of pyridine rings is 1. The van der Waals surface area contributed by atoms with Crippen molar-refractivity contribution in [2.75, 3.05) is 12.4 Å². The first kappa shape index (κ1) is 9.96. The number of aromatic nitrogens is 3. The van der Waals surface area contributed by atoms with E-state index < -0.39 is 0 Å². The molecule has 2 heterocycles. The van der Waals surface area contributed by atoms with Crippen molar-refractivity contribution in [3.8, 4) is 0 Å². The van der Waals surface area contributed by atoms with E-state index in [2.05, 4.69) is 26.8 Å². The molecule has 0 bridgehead atoms. The number of imidazole rings is 1. The molecule has 2 aromatic heterocycles. The summed E-state index contributed by atoms with van der Waals surface area (Å²) in [4.78, 5) is 9.01. The number of aryl methyl sites for hydroxylation is 4. The molecular weight excluding hydrogens is 188 g/mol. The van der Waals surface area contributed by atoms with Gasteiger partial charge in [-0.15, -0.1) is 0 Å². The number of nitrogens with zero attached hydrogens (tertiary/aromatic N) is 3. The highest BCUT2D eigenvalue weighted by Crippen LogP contribution is 2.25. The molecule has 0 saturated carbocycles. The fraction of sp³-hybridized carbons (Fsp3) is 0.455. The number of fused-ring (bicyclic) bond motifs is 1. The van der Waals surface area contributed by atoms with Crippen LogP contribution in [-0.2, 0) is 7.05 Å². The van der Waals surface area contributed by atoms with Gasteiger partial charge in [0.1, 0.15) is 11.3 Å². The van der Waals surface area contributed by atoms with Gasteiger partial charge in [-0.1, -0.05) is 0 Å². The van der Waals surface area contributed by atoms with Crippen LogP contribution in [0.15, 0.2) is 0 Å². The normalized spacial score (nSPS) is 11.0. The lowest BCUT2D eigenvalue weighted by Crippen LogP contribution is -2.00. The molecule has 0 aromatic carbocycles. The maximum atomic E-state index is 4.52. The summed E-state index contributed by atoms with van der Waals surface area (Å²) in [5, 5.41) is 3.09. The largest absolute Gasteiger partial charge is 0.371 e. The molecule has 0 unspecified atom stereocenters. The molecular formula is C11H18N4. The summed E-state index contributed by atoms with van der Waals surface area (Å²) in [5.74, 6) is 1.87. The topological polar surface area (TPSA) is 42.7 Å². The van der Waals surface area contributed by atoms with Gasteiger partial charge in [0.2, 0.25) is 0 Å². The lowest BCUT2D eigenvalue weighted by molar-refractivity contribution is 0.882. The Bertz CT molecular complexity index is 530. The van der Waals surface area contributed by atoms with Gasteiger partial charge in [0.05, 0.1) is 5.52 Å². The van der Waals surface area contributed by atoms with E-state index in [-0.39, 0.29) is 1.43 Å². The molecule has 0 aliphatic heterocycles. The highest BCUT2D eigenvalue weighted by molar-refractivity contribution is 5.89. The zero-order valence-electron chi connectivity index (χ0n) is 9.84. The number of anilines is 1. The molecule has 0 saturated heterocycles. The van der Waals surface area contributed by atoms with Gasteiger partial charge in [-0.3, -0.25) is 0 Å². The van der Waals surface area contributed by atoms with Crippen LogP contribution in [0.4, 0.5) is 5.82 Å². The Kier molecular flexibility index (Phi) is 2.14. The Morgan fingerprint density at radius 2 is 1.87 bits per heavy atom. The van der Waals surface area contributed by atoms with Crippen molar-refractivity contribution in [3.63, 3.8) is 0 Å². The number of rotatable bonds is 1. The average molecular weight is 207 g/mol. The number of nitrogens with one attached hydrogen (secondary N) is 1. The van der Waals surface area contributed by atoms with Gasteiger partial charge in [-0.25, -0.2) is 9.97 Å². The second-order valence-corrected chi connectivity index (χ2v) is 3.84. The maximum absolute atomic E-state index is 4.52. The van der Waals surface area contributed by atoms with Crippen LogP contribution in [0.25, 0.3) is 11.0 Å². The predicted octanol–water partition coefficient (Wildman–Crippen LogP) is 2.18. The van der Waals surface area contributed by atoms with Crippen molar-refractivity contribution in [2.45, 2.75) is 20.8 Å². The first-order valence-corrected chi connectivity index (χ1v) is 5.04. The molecule has 1 N–H and O–H groups in total. The van der Waals surface area contributed by atoms with E-state index in [1.54, 1.807) is 0 Å². The number of hydrogen-bond acceptors (Lipinski definition) is 3. The van der Waals surface area contributed by atoms with Crippen LogP contribution < -0.4 is 5.32 Å². The molecule has 4 heteroatoms. The zero-order valence-corrected chi connectivity index (χ0v) is 9.84. The molecule has 4 nitrogen and oxygen atoms in total.